The standard InChI is InChI=1S/C17H22N4O2/c1-11-9-18-10-15-14-4-2-3-13(16(14)19-21(11)15)12-5-7-20(8-6-12)17(22)23/h2-4,11-12,18H,5-10H2,1H3,(H,22,23)/t11-/m1/s1. The first-order valence-corrected chi connectivity index (χ1v) is 8.33. The average molecular weight is 314 g/mol. The Labute approximate surface area is 135 Å². The van der Waals surface area contributed by atoms with Crippen LogP contribution in [0.1, 0.15) is 43.0 Å². The molecule has 1 aromatic heterocycles. The fourth-order valence-electron chi connectivity index (χ4n) is 3.94. The average Bonchev–Trinajstić information content (AvgIpc) is 2.95. The van der Waals surface area contributed by atoms with E-state index in [0.717, 1.165) is 31.4 Å². The van der Waals surface area contributed by atoms with Gasteiger partial charge in [-0.25, -0.2) is 4.79 Å². The summed E-state index contributed by atoms with van der Waals surface area (Å²) in [7, 11) is 0. The maximum Gasteiger partial charge on any atom is 0.407 e. The fourth-order valence-corrected chi connectivity index (χ4v) is 3.94. The third-order valence-corrected chi connectivity index (χ3v) is 5.22. The van der Waals surface area contributed by atoms with Crippen LogP contribution in [-0.2, 0) is 6.54 Å². The minimum Gasteiger partial charge on any atom is -0.465 e. The van der Waals surface area contributed by atoms with Gasteiger partial charge in [0.1, 0.15) is 0 Å². The summed E-state index contributed by atoms with van der Waals surface area (Å²) >= 11 is 0. The Kier molecular flexibility index (Phi) is 3.49. The topological polar surface area (TPSA) is 70.4 Å². The van der Waals surface area contributed by atoms with Crippen LogP contribution in [0.25, 0.3) is 10.9 Å². The van der Waals surface area contributed by atoms with E-state index in [2.05, 4.69) is 35.1 Å². The second kappa shape index (κ2) is 5.53. The summed E-state index contributed by atoms with van der Waals surface area (Å²) in [5.74, 6) is 0.398. The van der Waals surface area contributed by atoms with Gasteiger partial charge < -0.3 is 15.3 Å². The highest BCUT2D eigenvalue weighted by Crippen LogP contribution is 2.34. The SMILES string of the molecule is C[C@@H]1CNCc2c3cccc(C4CCN(C(=O)O)CC4)c3nn21. The predicted octanol–water partition coefficient (Wildman–Crippen LogP) is 2.56. The van der Waals surface area contributed by atoms with E-state index >= 15 is 0 Å². The summed E-state index contributed by atoms with van der Waals surface area (Å²) in [6.45, 7) is 5.23. The number of fused-ring (bicyclic) bond motifs is 3. The second-order valence-electron chi connectivity index (χ2n) is 6.66. The van der Waals surface area contributed by atoms with Crippen molar-refractivity contribution in [3.05, 3.63) is 29.5 Å². The van der Waals surface area contributed by atoms with E-state index < -0.39 is 6.09 Å². The molecular formula is C17H22N4O2. The molecule has 2 N–H and O–H groups in total. The molecule has 1 amide bonds. The van der Waals surface area contributed by atoms with E-state index in [-0.39, 0.29) is 0 Å². The van der Waals surface area contributed by atoms with Crippen molar-refractivity contribution in [3.63, 3.8) is 0 Å². The highest BCUT2D eigenvalue weighted by atomic mass is 16.4. The van der Waals surface area contributed by atoms with Gasteiger partial charge in [0.15, 0.2) is 0 Å². The predicted molar refractivity (Wildman–Crippen MR) is 87.7 cm³/mol. The molecule has 0 bridgehead atoms. The number of piperidine rings is 1. The van der Waals surface area contributed by atoms with Gasteiger partial charge in [0.2, 0.25) is 0 Å². The van der Waals surface area contributed by atoms with Gasteiger partial charge in [-0.1, -0.05) is 18.2 Å². The van der Waals surface area contributed by atoms with Gasteiger partial charge in [0, 0.05) is 31.6 Å². The molecule has 0 spiro atoms. The molecule has 2 aliphatic rings. The molecule has 1 aromatic carbocycles. The summed E-state index contributed by atoms with van der Waals surface area (Å²) < 4.78 is 2.16. The minimum atomic E-state index is -0.806. The summed E-state index contributed by atoms with van der Waals surface area (Å²) in [6.07, 6.45) is 0.946. The first-order valence-electron chi connectivity index (χ1n) is 8.33. The fraction of sp³-hybridized carbons (Fsp3) is 0.529. The number of aromatic nitrogens is 2. The van der Waals surface area contributed by atoms with Crippen LogP contribution in [0.5, 0.6) is 0 Å². The molecule has 122 valence electrons. The molecule has 4 rings (SSSR count). The quantitative estimate of drug-likeness (QED) is 0.848. The molecule has 23 heavy (non-hydrogen) atoms. The zero-order valence-corrected chi connectivity index (χ0v) is 13.3. The van der Waals surface area contributed by atoms with E-state index in [4.69, 9.17) is 10.2 Å². The maximum absolute atomic E-state index is 11.1. The van der Waals surface area contributed by atoms with Crippen LogP contribution in [0, 0.1) is 0 Å². The van der Waals surface area contributed by atoms with Crippen molar-refractivity contribution in [2.75, 3.05) is 19.6 Å². The number of carbonyl (C=O) groups is 1. The lowest BCUT2D eigenvalue weighted by molar-refractivity contribution is 0.132. The lowest BCUT2D eigenvalue weighted by Crippen LogP contribution is -2.36. The molecule has 0 radical (unpaired) electrons. The lowest BCUT2D eigenvalue weighted by Gasteiger charge is -2.30. The van der Waals surface area contributed by atoms with Crippen molar-refractivity contribution in [2.24, 2.45) is 0 Å². The number of hydrogen-bond acceptors (Lipinski definition) is 3. The van der Waals surface area contributed by atoms with Crippen molar-refractivity contribution in [2.45, 2.75) is 38.3 Å². The van der Waals surface area contributed by atoms with E-state index in [9.17, 15) is 4.79 Å². The Hall–Kier alpha value is -2.08. The van der Waals surface area contributed by atoms with Crippen LogP contribution >= 0.6 is 0 Å². The summed E-state index contributed by atoms with van der Waals surface area (Å²) in [6, 6.07) is 6.81. The molecule has 1 fully saturated rings. The highest BCUT2D eigenvalue weighted by molar-refractivity contribution is 5.85. The third kappa shape index (κ3) is 2.37. The number of hydrogen-bond donors (Lipinski definition) is 2. The summed E-state index contributed by atoms with van der Waals surface area (Å²) in [5.41, 5.74) is 3.65. The lowest BCUT2D eigenvalue weighted by atomic mass is 9.88. The normalized spacial score (nSPS) is 22.3. The van der Waals surface area contributed by atoms with Crippen LogP contribution in [0.4, 0.5) is 4.79 Å². The summed E-state index contributed by atoms with van der Waals surface area (Å²) in [5, 5.41) is 18.7. The van der Waals surface area contributed by atoms with E-state index in [1.165, 1.54) is 21.5 Å². The van der Waals surface area contributed by atoms with Gasteiger partial charge in [-0.3, -0.25) is 4.68 Å². The van der Waals surface area contributed by atoms with E-state index in [1.54, 1.807) is 0 Å². The zero-order chi connectivity index (χ0) is 16.0. The number of nitrogens with one attached hydrogen (secondary N) is 1. The number of amides is 1. The summed E-state index contributed by atoms with van der Waals surface area (Å²) in [4.78, 5) is 12.6. The van der Waals surface area contributed by atoms with Crippen LogP contribution in [-0.4, -0.2) is 45.5 Å². The largest absolute Gasteiger partial charge is 0.465 e. The molecular weight excluding hydrogens is 292 g/mol. The van der Waals surface area contributed by atoms with Crippen molar-refractivity contribution in [1.82, 2.24) is 20.0 Å². The third-order valence-electron chi connectivity index (χ3n) is 5.22. The molecule has 0 saturated carbocycles. The van der Waals surface area contributed by atoms with Gasteiger partial charge in [-0.05, 0) is 31.2 Å². The van der Waals surface area contributed by atoms with Crippen LogP contribution < -0.4 is 5.32 Å². The van der Waals surface area contributed by atoms with Crippen LogP contribution in [0.3, 0.4) is 0 Å². The molecule has 3 heterocycles. The number of nitrogens with zero attached hydrogens (tertiary/aromatic N) is 3. The van der Waals surface area contributed by atoms with Crippen molar-refractivity contribution < 1.29 is 9.90 Å². The van der Waals surface area contributed by atoms with E-state index in [0.29, 0.717) is 25.0 Å². The van der Waals surface area contributed by atoms with Crippen molar-refractivity contribution in [1.29, 1.82) is 0 Å². The van der Waals surface area contributed by atoms with Gasteiger partial charge in [-0.2, -0.15) is 5.10 Å². The van der Waals surface area contributed by atoms with Crippen LogP contribution in [0.2, 0.25) is 0 Å². The van der Waals surface area contributed by atoms with Gasteiger partial charge in [-0.15, -0.1) is 0 Å². The van der Waals surface area contributed by atoms with Gasteiger partial charge in [0.05, 0.1) is 17.3 Å². The van der Waals surface area contributed by atoms with E-state index in [1.807, 2.05) is 0 Å². The number of carboxylic acid groups (broad SMARTS) is 1. The monoisotopic (exact) mass is 314 g/mol. The Bertz CT molecular complexity index is 746. The number of likely N-dealkylation sites (tertiary alicyclic amines) is 1. The van der Waals surface area contributed by atoms with Gasteiger partial charge >= 0.3 is 6.09 Å². The molecule has 2 aromatic rings. The molecule has 1 saturated heterocycles. The molecule has 6 nitrogen and oxygen atoms in total. The number of rotatable bonds is 1. The van der Waals surface area contributed by atoms with Crippen LogP contribution in [0.15, 0.2) is 18.2 Å². The Balaban J connectivity index is 1.70. The zero-order valence-electron chi connectivity index (χ0n) is 13.3. The minimum absolute atomic E-state index is 0.368. The highest BCUT2D eigenvalue weighted by Gasteiger charge is 2.27. The molecule has 6 heteroatoms. The Morgan fingerprint density at radius 1 is 1.35 bits per heavy atom. The Morgan fingerprint density at radius 2 is 2.13 bits per heavy atom. The molecule has 2 aliphatic heterocycles. The molecule has 0 aliphatic carbocycles. The van der Waals surface area contributed by atoms with Crippen molar-refractivity contribution in [3.8, 4) is 0 Å². The maximum atomic E-state index is 11.1. The van der Waals surface area contributed by atoms with Crippen molar-refractivity contribution >= 4 is 17.0 Å². The Morgan fingerprint density at radius 3 is 2.87 bits per heavy atom. The smallest absolute Gasteiger partial charge is 0.407 e. The molecule has 0 unspecified atom stereocenters. The molecule has 1 atom stereocenters. The first-order chi connectivity index (χ1) is 11.1. The van der Waals surface area contributed by atoms with Gasteiger partial charge in [0.25, 0.3) is 0 Å². The number of benzene rings is 1. The second-order valence-corrected chi connectivity index (χ2v) is 6.66. The first kappa shape index (κ1) is 14.5.